The van der Waals surface area contributed by atoms with Crippen LogP contribution in [-0.2, 0) is 6.42 Å². The van der Waals surface area contributed by atoms with Crippen LogP contribution in [0, 0.1) is 0 Å². The fourth-order valence-corrected chi connectivity index (χ4v) is 4.90. The number of pyridine rings is 1. The monoisotopic (exact) mass is 460 g/mol. The van der Waals surface area contributed by atoms with Gasteiger partial charge in [-0.3, -0.25) is 4.79 Å². The van der Waals surface area contributed by atoms with E-state index in [0.29, 0.717) is 0 Å². The number of hydrogen-bond donors (Lipinski definition) is 1. The third-order valence-corrected chi connectivity index (χ3v) is 6.66. The van der Waals surface area contributed by atoms with Crippen LogP contribution in [0.2, 0.25) is 0 Å². The molecule has 0 atom stereocenters. The fourth-order valence-electron chi connectivity index (χ4n) is 3.83. The number of aromatic nitrogens is 1. The summed E-state index contributed by atoms with van der Waals surface area (Å²) in [5.41, 5.74) is 5.53. The zero-order chi connectivity index (χ0) is 19.8. The molecule has 0 aliphatic heterocycles. The third kappa shape index (κ3) is 3.41. The number of fused-ring (bicyclic) bond motifs is 2. The number of amides is 1. The molecule has 5 rings (SSSR count). The molecule has 0 saturated heterocycles. The van der Waals surface area contributed by atoms with E-state index in [-0.39, 0.29) is 5.91 Å². The van der Waals surface area contributed by atoms with Crippen molar-refractivity contribution in [1.82, 2.24) is 4.98 Å². The summed E-state index contributed by atoms with van der Waals surface area (Å²) in [6.45, 7) is 0. The van der Waals surface area contributed by atoms with Crippen molar-refractivity contribution in [1.29, 1.82) is 0 Å². The molecule has 29 heavy (non-hydrogen) atoms. The maximum Gasteiger partial charge on any atom is 0.256 e. The van der Waals surface area contributed by atoms with E-state index in [1.165, 1.54) is 10.5 Å². The normalized spacial score (nSPS) is 14.3. The van der Waals surface area contributed by atoms with Gasteiger partial charge in [-0.1, -0.05) is 36.4 Å². The van der Waals surface area contributed by atoms with Gasteiger partial charge in [0.05, 0.1) is 22.5 Å². The van der Waals surface area contributed by atoms with Gasteiger partial charge in [0.2, 0.25) is 0 Å². The Morgan fingerprint density at radius 2 is 1.86 bits per heavy atom. The fraction of sp³-hybridized carbons (Fsp3) is 0.0833. The predicted octanol–water partition coefficient (Wildman–Crippen LogP) is 6.80. The van der Waals surface area contributed by atoms with Gasteiger partial charge in [0.25, 0.3) is 5.91 Å². The molecule has 4 aromatic rings. The summed E-state index contributed by atoms with van der Waals surface area (Å²) < 4.78 is 0.863. The smallest absolute Gasteiger partial charge is 0.256 e. The van der Waals surface area contributed by atoms with Crippen LogP contribution in [-0.4, -0.2) is 10.9 Å². The van der Waals surface area contributed by atoms with Crippen LogP contribution in [0.4, 0.5) is 5.69 Å². The van der Waals surface area contributed by atoms with Gasteiger partial charge in [0.15, 0.2) is 0 Å². The number of hydrogen-bond acceptors (Lipinski definition) is 3. The topological polar surface area (TPSA) is 42.0 Å². The van der Waals surface area contributed by atoms with Crippen LogP contribution in [0.3, 0.4) is 0 Å². The molecule has 0 bridgehead atoms. The Kier molecular flexibility index (Phi) is 4.78. The summed E-state index contributed by atoms with van der Waals surface area (Å²) in [7, 11) is 0. The van der Waals surface area contributed by atoms with Crippen molar-refractivity contribution in [2.75, 3.05) is 5.32 Å². The Morgan fingerprint density at radius 3 is 2.69 bits per heavy atom. The number of carbonyl (C=O) groups is 1. The van der Waals surface area contributed by atoms with Gasteiger partial charge in [-0.15, -0.1) is 11.3 Å². The number of halogens is 1. The predicted molar refractivity (Wildman–Crippen MR) is 124 cm³/mol. The minimum Gasteiger partial charge on any atom is -0.321 e. The summed E-state index contributed by atoms with van der Waals surface area (Å²) >= 11 is 5.23. The van der Waals surface area contributed by atoms with E-state index < -0.39 is 0 Å². The number of anilines is 1. The SMILES string of the molecule is O=C(Nc1ccccc1Br)c1c2c(nc3ccccc13)/C(=C/c1cccs1)CC2. The van der Waals surface area contributed by atoms with Crippen LogP contribution in [0.5, 0.6) is 0 Å². The molecule has 3 nitrogen and oxygen atoms in total. The second-order valence-electron chi connectivity index (χ2n) is 6.95. The van der Waals surface area contributed by atoms with Crippen LogP contribution >= 0.6 is 27.3 Å². The van der Waals surface area contributed by atoms with Crippen LogP contribution in [0.25, 0.3) is 22.6 Å². The van der Waals surface area contributed by atoms with Gasteiger partial charge in [0.1, 0.15) is 0 Å². The van der Waals surface area contributed by atoms with Gasteiger partial charge in [-0.25, -0.2) is 4.98 Å². The van der Waals surface area contributed by atoms with E-state index in [0.717, 1.165) is 50.7 Å². The molecular weight excluding hydrogens is 444 g/mol. The number of para-hydroxylation sites is 2. The van der Waals surface area contributed by atoms with E-state index in [4.69, 9.17) is 4.98 Å². The summed E-state index contributed by atoms with van der Waals surface area (Å²) in [6, 6.07) is 19.7. The van der Waals surface area contributed by atoms with Crippen molar-refractivity contribution < 1.29 is 4.79 Å². The van der Waals surface area contributed by atoms with Gasteiger partial charge < -0.3 is 5.32 Å². The molecule has 1 amide bonds. The molecule has 142 valence electrons. The van der Waals surface area contributed by atoms with E-state index in [1.807, 2.05) is 48.5 Å². The molecule has 2 heterocycles. The molecule has 1 N–H and O–H groups in total. The summed E-state index contributed by atoms with van der Waals surface area (Å²) in [6.07, 6.45) is 3.92. The van der Waals surface area contributed by atoms with Crippen LogP contribution in [0.15, 0.2) is 70.5 Å². The minimum absolute atomic E-state index is 0.0934. The first-order chi connectivity index (χ1) is 14.2. The molecular formula is C24H17BrN2OS. The molecule has 2 aromatic carbocycles. The molecule has 0 radical (unpaired) electrons. The van der Waals surface area contributed by atoms with Crippen molar-refractivity contribution in [3.8, 4) is 0 Å². The largest absolute Gasteiger partial charge is 0.321 e. The second kappa shape index (κ2) is 7.58. The number of nitrogens with zero attached hydrogens (tertiary/aromatic N) is 1. The van der Waals surface area contributed by atoms with Crippen molar-refractivity contribution in [3.63, 3.8) is 0 Å². The number of benzene rings is 2. The lowest BCUT2D eigenvalue weighted by molar-refractivity contribution is 0.102. The lowest BCUT2D eigenvalue weighted by atomic mass is 10.00. The summed E-state index contributed by atoms with van der Waals surface area (Å²) in [5, 5.41) is 6.05. The number of thiophene rings is 1. The molecule has 0 unspecified atom stereocenters. The molecule has 2 aromatic heterocycles. The Labute approximate surface area is 181 Å². The lowest BCUT2D eigenvalue weighted by Gasteiger charge is -2.13. The minimum atomic E-state index is -0.0934. The van der Waals surface area contributed by atoms with Crippen molar-refractivity contribution in [2.24, 2.45) is 0 Å². The van der Waals surface area contributed by atoms with Gasteiger partial charge in [-0.05, 0) is 75.6 Å². The average Bonchev–Trinajstić information content (AvgIpc) is 3.38. The first-order valence-electron chi connectivity index (χ1n) is 9.42. The molecule has 0 saturated carbocycles. The molecule has 1 aliphatic rings. The van der Waals surface area contributed by atoms with Crippen LogP contribution in [0.1, 0.15) is 32.9 Å². The maximum absolute atomic E-state index is 13.4. The highest BCUT2D eigenvalue weighted by molar-refractivity contribution is 9.10. The quantitative estimate of drug-likeness (QED) is 0.365. The maximum atomic E-state index is 13.4. The standard InChI is InChI=1S/C24H17BrN2OS/c25-19-8-2-4-10-21(19)27-24(28)22-17-7-1-3-9-20(17)26-23-15(11-12-18(22)23)14-16-6-5-13-29-16/h1-10,13-14H,11-12H2,(H,27,28)/b15-14+. The summed E-state index contributed by atoms with van der Waals surface area (Å²) in [4.78, 5) is 19.5. The Hall–Kier alpha value is -2.76. The zero-order valence-electron chi connectivity index (χ0n) is 15.5. The van der Waals surface area contributed by atoms with Gasteiger partial charge >= 0.3 is 0 Å². The third-order valence-electron chi connectivity index (χ3n) is 5.15. The number of nitrogens with one attached hydrogen (secondary N) is 1. The van der Waals surface area contributed by atoms with E-state index in [9.17, 15) is 4.79 Å². The number of carbonyl (C=O) groups excluding carboxylic acids is 1. The second-order valence-corrected chi connectivity index (χ2v) is 8.78. The first kappa shape index (κ1) is 18.3. The van der Waals surface area contributed by atoms with Crippen molar-refractivity contribution in [2.45, 2.75) is 12.8 Å². The highest BCUT2D eigenvalue weighted by Crippen LogP contribution is 2.38. The lowest BCUT2D eigenvalue weighted by Crippen LogP contribution is -2.16. The number of allylic oxidation sites excluding steroid dienone is 1. The Balaban J connectivity index is 1.65. The molecule has 0 fully saturated rings. The highest BCUT2D eigenvalue weighted by atomic mass is 79.9. The van der Waals surface area contributed by atoms with Crippen LogP contribution < -0.4 is 5.32 Å². The summed E-state index contributed by atoms with van der Waals surface area (Å²) in [5.74, 6) is -0.0934. The molecule has 5 heteroatoms. The Bertz CT molecular complexity index is 1260. The first-order valence-corrected chi connectivity index (χ1v) is 11.1. The zero-order valence-corrected chi connectivity index (χ0v) is 17.9. The van der Waals surface area contributed by atoms with Gasteiger partial charge in [-0.2, -0.15) is 0 Å². The molecule has 1 aliphatic carbocycles. The average molecular weight is 461 g/mol. The van der Waals surface area contributed by atoms with E-state index in [1.54, 1.807) is 11.3 Å². The number of rotatable bonds is 3. The van der Waals surface area contributed by atoms with Crippen molar-refractivity contribution >= 4 is 61.4 Å². The molecule has 0 spiro atoms. The Morgan fingerprint density at radius 1 is 1.03 bits per heavy atom. The van der Waals surface area contributed by atoms with Gasteiger partial charge in [0, 0.05) is 14.7 Å². The van der Waals surface area contributed by atoms with E-state index >= 15 is 0 Å². The van der Waals surface area contributed by atoms with E-state index in [2.05, 4.69) is 44.8 Å². The highest BCUT2D eigenvalue weighted by Gasteiger charge is 2.27. The van der Waals surface area contributed by atoms with Crippen molar-refractivity contribution in [3.05, 3.63) is 92.2 Å².